The number of aromatic nitrogens is 1. The van der Waals surface area contributed by atoms with Gasteiger partial charge in [0.1, 0.15) is 0 Å². The number of anilines is 3. The van der Waals surface area contributed by atoms with Crippen LogP contribution in [0.15, 0.2) is 77.9 Å². The molecule has 1 aliphatic heterocycles. The number of aromatic carboxylic acids is 1. The third kappa shape index (κ3) is 4.29. The third-order valence-electron chi connectivity index (χ3n) is 6.37. The fourth-order valence-corrected chi connectivity index (χ4v) is 4.32. The zero-order chi connectivity index (χ0) is 26.3. The van der Waals surface area contributed by atoms with Crippen LogP contribution in [0.2, 0.25) is 0 Å². The van der Waals surface area contributed by atoms with Gasteiger partial charge in [-0.25, -0.2) is 9.78 Å². The molecule has 0 atom stereocenters. The lowest BCUT2D eigenvalue weighted by Gasteiger charge is -2.17. The second kappa shape index (κ2) is 9.23. The van der Waals surface area contributed by atoms with Gasteiger partial charge in [0.05, 0.1) is 16.9 Å². The highest BCUT2D eigenvalue weighted by molar-refractivity contribution is 6.55. The summed E-state index contributed by atoms with van der Waals surface area (Å²) in [6.07, 6.45) is 0. The average Bonchev–Trinajstić information content (AvgIpc) is 3.17. The first-order valence-corrected chi connectivity index (χ1v) is 11.6. The highest BCUT2D eigenvalue weighted by Gasteiger charge is 2.35. The molecule has 0 saturated carbocycles. The normalized spacial score (nSPS) is 13.6. The number of carboxylic acids is 1. The van der Waals surface area contributed by atoms with Gasteiger partial charge in [0.2, 0.25) is 0 Å². The van der Waals surface area contributed by atoms with Crippen LogP contribution in [-0.4, -0.2) is 32.8 Å². The summed E-state index contributed by atoms with van der Waals surface area (Å²) < 4.78 is 0. The molecule has 0 fully saturated rings. The molecule has 3 N–H and O–H groups in total. The summed E-state index contributed by atoms with van der Waals surface area (Å²) in [5, 5.41) is 24.8. The van der Waals surface area contributed by atoms with Crippen LogP contribution in [0.3, 0.4) is 0 Å². The van der Waals surface area contributed by atoms with Gasteiger partial charge in [0.25, 0.3) is 5.91 Å². The summed E-state index contributed by atoms with van der Waals surface area (Å²) in [5.74, 6) is -1.48. The lowest BCUT2D eigenvalue weighted by Crippen LogP contribution is -2.26. The number of aryl methyl sites for hydroxylation is 3. The number of hydrazone groups is 1. The number of benzene rings is 3. The first-order chi connectivity index (χ1) is 17.7. The van der Waals surface area contributed by atoms with Crippen LogP contribution in [0.25, 0.3) is 11.1 Å². The van der Waals surface area contributed by atoms with Crippen LogP contribution >= 0.6 is 0 Å². The van der Waals surface area contributed by atoms with Gasteiger partial charge in [0, 0.05) is 16.8 Å². The van der Waals surface area contributed by atoms with Crippen LogP contribution < -0.4 is 10.3 Å². The first kappa shape index (κ1) is 23.7. The molecule has 0 unspecified atom stereocenters. The number of carboxylic acid groups (broad SMARTS) is 1. The Labute approximate surface area is 213 Å². The average molecular weight is 493 g/mol. The lowest BCUT2D eigenvalue weighted by molar-refractivity contribution is -0.111. The molecule has 1 aromatic heterocycles. The van der Waals surface area contributed by atoms with Crippen LogP contribution in [-0.2, 0) is 4.79 Å². The van der Waals surface area contributed by atoms with E-state index in [2.05, 4.69) is 15.5 Å². The maximum Gasteiger partial charge on any atom is 0.335 e. The molecule has 8 nitrogen and oxygen atoms in total. The number of hydrogen-bond donors (Lipinski definition) is 3. The van der Waals surface area contributed by atoms with Crippen molar-refractivity contribution >= 4 is 34.8 Å². The van der Waals surface area contributed by atoms with E-state index in [9.17, 15) is 19.8 Å². The number of para-hydroxylation sites is 1. The lowest BCUT2D eigenvalue weighted by atomic mass is 10.00. The van der Waals surface area contributed by atoms with Crippen LogP contribution in [0.4, 0.5) is 17.2 Å². The second-order valence-corrected chi connectivity index (χ2v) is 8.89. The molecule has 184 valence electrons. The molecule has 0 bridgehead atoms. The van der Waals surface area contributed by atoms with Gasteiger partial charge in [-0.05, 0) is 67.8 Å². The number of amides is 1. The maximum absolute atomic E-state index is 13.5. The molecule has 0 aliphatic carbocycles. The molecule has 2 heterocycles. The number of carbonyl (C=O) groups is 2. The largest absolute Gasteiger partial charge is 0.504 e. The maximum atomic E-state index is 13.5. The van der Waals surface area contributed by atoms with E-state index in [1.165, 1.54) is 17.0 Å². The van der Waals surface area contributed by atoms with E-state index in [4.69, 9.17) is 0 Å². The minimum Gasteiger partial charge on any atom is -0.504 e. The Hall–Kier alpha value is -4.98. The van der Waals surface area contributed by atoms with Crippen molar-refractivity contribution in [3.8, 4) is 16.9 Å². The summed E-state index contributed by atoms with van der Waals surface area (Å²) >= 11 is 0. The number of fused-ring (bicyclic) bond motifs is 1. The number of rotatable bonds is 5. The monoisotopic (exact) mass is 492 g/mol. The zero-order valence-corrected chi connectivity index (χ0v) is 20.5. The van der Waals surface area contributed by atoms with E-state index in [0.29, 0.717) is 28.2 Å². The smallest absolute Gasteiger partial charge is 0.335 e. The number of carbonyl (C=O) groups excluding carboxylic acids is 1. The molecule has 0 spiro atoms. The third-order valence-corrected chi connectivity index (χ3v) is 6.37. The Balaban J connectivity index is 1.54. The minimum atomic E-state index is -1.09. The quantitative estimate of drug-likeness (QED) is 0.314. The van der Waals surface area contributed by atoms with Crippen molar-refractivity contribution in [2.45, 2.75) is 20.8 Å². The molecule has 1 amide bonds. The fraction of sp³-hybridized carbons (Fsp3) is 0.103. The van der Waals surface area contributed by atoms with E-state index < -0.39 is 11.9 Å². The molecular weight excluding hydrogens is 468 g/mol. The molecule has 0 radical (unpaired) electrons. The highest BCUT2D eigenvalue weighted by atomic mass is 16.4. The molecule has 5 rings (SSSR count). The predicted molar refractivity (Wildman–Crippen MR) is 143 cm³/mol. The molecular formula is C29H24N4O4. The van der Waals surface area contributed by atoms with Crippen LogP contribution in [0.5, 0.6) is 5.75 Å². The van der Waals surface area contributed by atoms with Gasteiger partial charge in [-0.3, -0.25) is 15.1 Å². The summed E-state index contributed by atoms with van der Waals surface area (Å²) in [6, 6.07) is 21.0. The molecule has 8 heteroatoms. The number of nitrogens with zero attached hydrogens (tertiary/aromatic N) is 3. The summed E-state index contributed by atoms with van der Waals surface area (Å²) in [5.41, 5.74) is 8.89. The van der Waals surface area contributed by atoms with Crippen molar-refractivity contribution in [3.05, 3.63) is 101 Å². The van der Waals surface area contributed by atoms with E-state index in [-0.39, 0.29) is 22.8 Å². The Kier molecular flexibility index (Phi) is 5.93. The van der Waals surface area contributed by atoms with Crippen LogP contribution in [0, 0.1) is 20.8 Å². The van der Waals surface area contributed by atoms with Crippen molar-refractivity contribution in [1.82, 2.24) is 4.98 Å². The highest BCUT2D eigenvalue weighted by Crippen LogP contribution is 2.38. The van der Waals surface area contributed by atoms with E-state index in [0.717, 1.165) is 16.7 Å². The van der Waals surface area contributed by atoms with E-state index in [1.54, 1.807) is 42.5 Å². The van der Waals surface area contributed by atoms with Gasteiger partial charge in [0.15, 0.2) is 17.3 Å². The summed E-state index contributed by atoms with van der Waals surface area (Å²) in [7, 11) is 0. The molecule has 37 heavy (non-hydrogen) atoms. The van der Waals surface area contributed by atoms with Gasteiger partial charge in [-0.1, -0.05) is 42.5 Å². The number of nitrogens with one attached hydrogen (secondary N) is 1. The van der Waals surface area contributed by atoms with Crippen molar-refractivity contribution in [2.24, 2.45) is 5.10 Å². The van der Waals surface area contributed by atoms with E-state index in [1.807, 2.05) is 39.0 Å². The molecule has 1 aliphatic rings. The van der Waals surface area contributed by atoms with Crippen molar-refractivity contribution in [2.75, 3.05) is 10.3 Å². The molecule has 0 saturated heterocycles. The van der Waals surface area contributed by atoms with Gasteiger partial charge in [-0.2, -0.15) is 5.10 Å². The Morgan fingerprint density at radius 3 is 2.46 bits per heavy atom. The Morgan fingerprint density at radius 2 is 1.70 bits per heavy atom. The van der Waals surface area contributed by atoms with Crippen molar-refractivity contribution < 1.29 is 19.8 Å². The van der Waals surface area contributed by atoms with Crippen molar-refractivity contribution in [1.29, 1.82) is 0 Å². The Morgan fingerprint density at radius 1 is 0.919 bits per heavy atom. The Bertz CT molecular complexity index is 1610. The zero-order valence-electron chi connectivity index (χ0n) is 20.5. The number of hydrogen-bond acceptors (Lipinski definition) is 6. The predicted octanol–water partition coefficient (Wildman–Crippen LogP) is 5.57. The standard InChI is InChI=1S/C29H24N4O4/c1-16-11-12-19(13-17(16)2)23-14-18(3)30-27(26(23)34)32-31-25-22-9-4-5-10-24(22)33(28(25)35)21-8-6-7-20(15-21)29(36)37/h4-15,34H,1-3H3,(H,30,32)(H,36,37)/b31-25-. The number of pyridine rings is 1. The molecule has 3 aromatic carbocycles. The fourth-order valence-electron chi connectivity index (χ4n) is 4.32. The molecule has 4 aromatic rings. The van der Waals surface area contributed by atoms with Crippen LogP contribution in [0.1, 0.15) is 32.7 Å². The summed E-state index contributed by atoms with van der Waals surface area (Å²) in [4.78, 5) is 30.8. The first-order valence-electron chi connectivity index (χ1n) is 11.6. The topological polar surface area (TPSA) is 115 Å². The summed E-state index contributed by atoms with van der Waals surface area (Å²) in [6.45, 7) is 5.85. The van der Waals surface area contributed by atoms with Gasteiger partial charge >= 0.3 is 5.97 Å². The second-order valence-electron chi connectivity index (χ2n) is 8.89. The minimum absolute atomic E-state index is 0.0686. The van der Waals surface area contributed by atoms with Gasteiger partial charge < -0.3 is 10.2 Å². The SMILES string of the molecule is Cc1cc(-c2ccc(C)c(C)c2)c(O)c(N/N=C2\C(=O)N(c3cccc(C(=O)O)c3)c3ccccc32)n1. The van der Waals surface area contributed by atoms with Gasteiger partial charge in [-0.15, -0.1) is 0 Å². The van der Waals surface area contributed by atoms with Crippen molar-refractivity contribution in [3.63, 3.8) is 0 Å². The van der Waals surface area contributed by atoms with E-state index >= 15 is 0 Å². The number of aromatic hydroxyl groups is 1.